The fourth-order valence-corrected chi connectivity index (χ4v) is 3.30. The van der Waals surface area contributed by atoms with Crippen molar-refractivity contribution in [2.75, 3.05) is 19.6 Å². The molecule has 23 heavy (non-hydrogen) atoms. The van der Waals surface area contributed by atoms with Gasteiger partial charge in [0.2, 0.25) is 5.91 Å². The largest absolute Gasteiger partial charge is 0.351 e. The van der Waals surface area contributed by atoms with Crippen molar-refractivity contribution in [1.82, 2.24) is 10.2 Å². The highest BCUT2D eigenvalue weighted by atomic mass is 79.9. The zero-order chi connectivity index (χ0) is 17.0. The summed E-state index contributed by atoms with van der Waals surface area (Å²) in [5, 5.41) is 3.14. The molecular weight excluding hydrogens is 354 g/mol. The number of rotatable bonds is 5. The topological polar surface area (TPSA) is 58.4 Å². The van der Waals surface area contributed by atoms with E-state index in [2.05, 4.69) is 40.0 Å². The lowest BCUT2D eigenvalue weighted by molar-refractivity contribution is -0.127. The normalized spacial score (nSPS) is 19.6. The van der Waals surface area contributed by atoms with Crippen LogP contribution < -0.4 is 11.1 Å². The van der Waals surface area contributed by atoms with E-state index in [0.717, 1.165) is 42.5 Å². The number of carbonyl (C=O) groups is 1. The average Bonchev–Trinajstić information content (AvgIpc) is 2.49. The van der Waals surface area contributed by atoms with Gasteiger partial charge in [-0.15, -0.1) is 0 Å². The average molecular weight is 382 g/mol. The van der Waals surface area contributed by atoms with Crippen molar-refractivity contribution in [2.45, 2.75) is 45.2 Å². The fourth-order valence-electron chi connectivity index (χ4n) is 3.04. The van der Waals surface area contributed by atoms with E-state index < -0.39 is 5.54 Å². The Labute approximate surface area is 147 Å². The molecule has 1 atom stereocenters. The van der Waals surface area contributed by atoms with Crippen molar-refractivity contribution >= 4 is 21.8 Å². The lowest BCUT2D eigenvalue weighted by Gasteiger charge is -2.35. The highest BCUT2D eigenvalue weighted by Crippen LogP contribution is 2.22. The van der Waals surface area contributed by atoms with Gasteiger partial charge in [-0.1, -0.05) is 41.9 Å². The Bertz CT molecular complexity index is 520. The molecule has 128 valence electrons. The van der Waals surface area contributed by atoms with Crippen LogP contribution in [0.15, 0.2) is 28.7 Å². The number of nitrogens with one attached hydrogen (secondary N) is 1. The summed E-state index contributed by atoms with van der Waals surface area (Å²) in [5.41, 5.74) is 6.13. The van der Waals surface area contributed by atoms with Gasteiger partial charge in [-0.05, 0) is 43.4 Å². The number of nitrogens with two attached hydrogens (primary N) is 1. The first-order chi connectivity index (χ1) is 10.8. The molecule has 1 amide bonds. The second-order valence-corrected chi connectivity index (χ2v) is 8.07. The van der Waals surface area contributed by atoms with Crippen LogP contribution in [-0.4, -0.2) is 36.5 Å². The highest BCUT2D eigenvalue weighted by Gasteiger charge is 2.32. The van der Waals surface area contributed by atoms with E-state index in [9.17, 15) is 4.79 Å². The van der Waals surface area contributed by atoms with E-state index in [4.69, 9.17) is 5.73 Å². The number of amides is 1. The van der Waals surface area contributed by atoms with Gasteiger partial charge in [-0.3, -0.25) is 4.79 Å². The summed E-state index contributed by atoms with van der Waals surface area (Å²) in [6.45, 7) is 9.48. The van der Waals surface area contributed by atoms with Crippen LogP contribution in [0.25, 0.3) is 0 Å². The Hall–Kier alpha value is -0.910. The molecule has 0 radical (unpaired) electrons. The smallest absolute Gasteiger partial charge is 0.244 e. The molecule has 0 aliphatic carbocycles. The zero-order valence-electron chi connectivity index (χ0n) is 14.3. The van der Waals surface area contributed by atoms with Gasteiger partial charge in [0, 0.05) is 30.1 Å². The standard InChI is InChI=1S/C18H28BrN3O/c1-13(2)12-22-10-8-16(9-11-22)21-17(23)18(3,20)14-4-6-15(19)7-5-14/h4-7,13,16H,8-12,20H2,1-3H3,(H,21,23). The maximum atomic E-state index is 12.6. The molecule has 1 unspecified atom stereocenters. The highest BCUT2D eigenvalue weighted by molar-refractivity contribution is 9.10. The summed E-state index contributed by atoms with van der Waals surface area (Å²) in [5.74, 6) is 0.591. The molecule has 1 heterocycles. The summed E-state index contributed by atoms with van der Waals surface area (Å²) in [6.07, 6.45) is 1.99. The first-order valence-electron chi connectivity index (χ1n) is 8.37. The Kier molecular flexibility index (Phi) is 6.23. The van der Waals surface area contributed by atoms with Crippen LogP contribution in [0.1, 0.15) is 39.2 Å². The van der Waals surface area contributed by atoms with Crippen molar-refractivity contribution in [3.05, 3.63) is 34.3 Å². The SMILES string of the molecule is CC(C)CN1CCC(NC(=O)C(C)(N)c2ccc(Br)cc2)CC1. The third kappa shape index (κ3) is 5.03. The molecule has 1 aromatic carbocycles. The predicted octanol–water partition coefficient (Wildman–Crippen LogP) is 2.86. The van der Waals surface area contributed by atoms with E-state index >= 15 is 0 Å². The number of carbonyl (C=O) groups excluding carboxylic acids is 1. The lowest BCUT2D eigenvalue weighted by Crippen LogP contribution is -2.54. The Morgan fingerprint density at radius 3 is 2.43 bits per heavy atom. The number of piperidine rings is 1. The summed E-state index contributed by atoms with van der Waals surface area (Å²) in [7, 11) is 0. The van der Waals surface area contributed by atoms with Gasteiger partial charge in [0.05, 0.1) is 0 Å². The van der Waals surface area contributed by atoms with Crippen LogP contribution in [0.4, 0.5) is 0 Å². The Morgan fingerprint density at radius 2 is 1.91 bits per heavy atom. The van der Waals surface area contributed by atoms with Crippen LogP contribution in [0.3, 0.4) is 0 Å². The van der Waals surface area contributed by atoms with Gasteiger partial charge >= 0.3 is 0 Å². The van der Waals surface area contributed by atoms with E-state index in [0.29, 0.717) is 5.92 Å². The summed E-state index contributed by atoms with van der Waals surface area (Å²) in [6, 6.07) is 7.85. The van der Waals surface area contributed by atoms with E-state index in [1.165, 1.54) is 0 Å². The summed E-state index contributed by atoms with van der Waals surface area (Å²) < 4.78 is 0.981. The van der Waals surface area contributed by atoms with Crippen LogP contribution in [-0.2, 0) is 10.3 Å². The van der Waals surface area contributed by atoms with Gasteiger partial charge in [0.25, 0.3) is 0 Å². The van der Waals surface area contributed by atoms with Gasteiger partial charge in [0.1, 0.15) is 5.54 Å². The van der Waals surface area contributed by atoms with Gasteiger partial charge in [0.15, 0.2) is 0 Å². The summed E-state index contributed by atoms with van der Waals surface area (Å²) >= 11 is 3.41. The molecular formula is C18H28BrN3O. The summed E-state index contributed by atoms with van der Waals surface area (Å²) in [4.78, 5) is 15.1. The monoisotopic (exact) mass is 381 g/mol. The molecule has 0 bridgehead atoms. The quantitative estimate of drug-likeness (QED) is 0.824. The molecule has 0 aromatic heterocycles. The maximum absolute atomic E-state index is 12.6. The van der Waals surface area contributed by atoms with Crippen molar-refractivity contribution < 1.29 is 4.79 Å². The Balaban J connectivity index is 1.90. The number of hydrogen-bond donors (Lipinski definition) is 2. The molecule has 0 saturated carbocycles. The molecule has 1 aliphatic heterocycles. The Morgan fingerprint density at radius 1 is 1.35 bits per heavy atom. The molecule has 1 aromatic rings. The molecule has 1 aliphatic rings. The second kappa shape index (κ2) is 7.77. The van der Waals surface area contributed by atoms with Crippen molar-refractivity contribution in [3.8, 4) is 0 Å². The van der Waals surface area contributed by atoms with Crippen LogP contribution in [0, 0.1) is 5.92 Å². The third-order valence-corrected chi connectivity index (χ3v) is 4.99. The molecule has 0 spiro atoms. The van der Waals surface area contributed by atoms with Crippen LogP contribution >= 0.6 is 15.9 Å². The predicted molar refractivity (Wildman–Crippen MR) is 98.1 cm³/mol. The molecule has 3 N–H and O–H groups in total. The van der Waals surface area contributed by atoms with Crippen molar-refractivity contribution in [1.29, 1.82) is 0 Å². The van der Waals surface area contributed by atoms with Crippen LogP contribution in [0.5, 0.6) is 0 Å². The molecule has 1 fully saturated rings. The number of likely N-dealkylation sites (tertiary alicyclic amines) is 1. The van der Waals surface area contributed by atoms with E-state index in [-0.39, 0.29) is 11.9 Å². The van der Waals surface area contributed by atoms with Gasteiger partial charge in [-0.25, -0.2) is 0 Å². The number of halogens is 1. The molecule has 5 heteroatoms. The number of nitrogens with zero attached hydrogens (tertiary/aromatic N) is 1. The molecule has 2 rings (SSSR count). The minimum absolute atomic E-state index is 0.0952. The maximum Gasteiger partial charge on any atom is 0.244 e. The van der Waals surface area contributed by atoms with Crippen molar-refractivity contribution in [3.63, 3.8) is 0 Å². The lowest BCUT2D eigenvalue weighted by atomic mass is 9.91. The minimum Gasteiger partial charge on any atom is -0.351 e. The van der Waals surface area contributed by atoms with Crippen LogP contribution in [0.2, 0.25) is 0 Å². The number of hydrogen-bond acceptors (Lipinski definition) is 3. The first kappa shape index (κ1) is 18.4. The molecule has 1 saturated heterocycles. The third-order valence-electron chi connectivity index (χ3n) is 4.46. The second-order valence-electron chi connectivity index (χ2n) is 7.15. The zero-order valence-corrected chi connectivity index (χ0v) is 15.9. The van der Waals surface area contributed by atoms with Gasteiger partial charge < -0.3 is 16.0 Å². The minimum atomic E-state index is -1.00. The fraction of sp³-hybridized carbons (Fsp3) is 0.611. The first-order valence-corrected chi connectivity index (χ1v) is 9.16. The van der Waals surface area contributed by atoms with E-state index in [1.54, 1.807) is 6.92 Å². The van der Waals surface area contributed by atoms with E-state index in [1.807, 2.05) is 24.3 Å². The van der Waals surface area contributed by atoms with Gasteiger partial charge in [-0.2, -0.15) is 0 Å². The molecule has 4 nitrogen and oxygen atoms in total. The number of benzene rings is 1. The van der Waals surface area contributed by atoms with Crippen molar-refractivity contribution in [2.24, 2.45) is 11.7 Å².